The Labute approximate surface area is 452 Å². The van der Waals surface area contributed by atoms with E-state index in [0.29, 0.717) is 89.6 Å². The van der Waals surface area contributed by atoms with Crippen molar-refractivity contribution in [2.45, 2.75) is 187 Å². The molecule has 2 bridgehead atoms. The second-order valence-corrected chi connectivity index (χ2v) is 21.7. The first-order valence-corrected chi connectivity index (χ1v) is 27.8. The number of amides is 2. The number of nitrogens with one attached hydrogen (secondary N) is 1. The van der Waals surface area contributed by atoms with Crippen molar-refractivity contribution in [3.05, 3.63) is 47.6 Å². The number of cyclic esters (lactones) is 1. The second-order valence-electron chi connectivity index (χ2n) is 21.7. The largest absolute Gasteiger partial charge is 0.460 e. The summed E-state index contributed by atoms with van der Waals surface area (Å²) < 4.78 is 46.7. The van der Waals surface area contributed by atoms with E-state index in [0.717, 1.165) is 5.57 Å². The maximum Gasteiger partial charge on any atom is 0.407 e. The number of nitrogens with zero attached hydrogens (tertiary/aromatic N) is 1. The third-order valence-electron chi connectivity index (χ3n) is 15.8. The Kier molecular flexibility index (Phi) is 27.2. The lowest BCUT2D eigenvalue weighted by atomic mass is 9.78. The Bertz CT molecular complexity index is 2020. The van der Waals surface area contributed by atoms with Crippen LogP contribution >= 0.6 is 0 Å². The molecule has 0 aromatic carbocycles. The van der Waals surface area contributed by atoms with Crippen LogP contribution in [0.15, 0.2) is 47.6 Å². The van der Waals surface area contributed by atoms with Gasteiger partial charge in [-0.05, 0) is 114 Å². The number of rotatable bonds is 14. The Hall–Kier alpha value is -4.14. The van der Waals surface area contributed by atoms with Crippen LogP contribution in [0.5, 0.6) is 0 Å². The van der Waals surface area contributed by atoms with Gasteiger partial charge in [0.25, 0.3) is 11.7 Å². The molecule has 2 saturated heterocycles. The van der Waals surface area contributed by atoms with Crippen molar-refractivity contribution in [2.24, 2.45) is 35.5 Å². The first-order valence-electron chi connectivity index (χ1n) is 27.8. The van der Waals surface area contributed by atoms with Crippen LogP contribution in [0.2, 0.25) is 0 Å². The Morgan fingerprint density at radius 1 is 0.855 bits per heavy atom. The zero-order chi connectivity index (χ0) is 56.1. The SMILES string of the molecule is CCOCCOCCNC(=O)O[C@@H]1/C(C)=C/[C@@H](C)C(=O)C[C@@H]([C@H](C)C[C@@H]2CC[C@@H](O)[C@H](OC)C2)OC(=O)[C@@H]2CCCCN2C(=O)C(=O)[C@]2(O)O[C@@H](CC[C@H]2C)C[C@H](OC)/C(C)=C/C=C/C=C/[C@@H](C)C[C@@H](C)C(=O)[C@@H]1OC. The van der Waals surface area contributed by atoms with E-state index in [1.165, 1.54) is 12.0 Å². The quantitative estimate of drug-likeness (QED) is 0.0690. The molecule has 15 atom stereocenters. The van der Waals surface area contributed by atoms with Gasteiger partial charge in [0.05, 0.1) is 44.2 Å². The molecule has 0 unspecified atom stereocenters. The number of alkyl carbamates (subject to hydrolysis) is 1. The number of Topliss-reactive ketones (excluding diaryl/α,β-unsaturated/α-hetero) is 3. The average molecular weight is 1070 g/mol. The minimum atomic E-state index is -2.46. The van der Waals surface area contributed by atoms with E-state index in [4.69, 9.17) is 37.9 Å². The van der Waals surface area contributed by atoms with Crippen LogP contribution in [0.1, 0.15) is 132 Å². The average Bonchev–Trinajstić information content (AvgIpc) is 3.40. The lowest BCUT2D eigenvalue weighted by molar-refractivity contribution is -0.265. The van der Waals surface area contributed by atoms with Crippen LogP contribution in [0.3, 0.4) is 0 Å². The summed E-state index contributed by atoms with van der Waals surface area (Å²) in [5.74, 6) is -8.52. The second kappa shape index (κ2) is 32.1. The highest BCUT2D eigenvalue weighted by Crippen LogP contribution is 2.38. The number of esters is 1. The van der Waals surface area contributed by atoms with Crippen LogP contribution in [0, 0.1) is 35.5 Å². The van der Waals surface area contributed by atoms with Crippen molar-refractivity contribution in [3.63, 3.8) is 0 Å². The van der Waals surface area contributed by atoms with Crippen LogP contribution in [-0.4, -0.2) is 166 Å². The van der Waals surface area contributed by atoms with Gasteiger partial charge in [-0.2, -0.15) is 0 Å². The Balaban J connectivity index is 1.74. The fourth-order valence-electron chi connectivity index (χ4n) is 11.0. The van der Waals surface area contributed by atoms with Gasteiger partial charge in [-0.15, -0.1) is 0 Å². The number of allylic oxidation sites excluding steroid dienone is 6. The molecule has 1 saturated carbocycles. The topological polar surface area (TPSA) is 232 Å². The summed E-state index contributed by atoms with van der Waals surface area (Å²) in [6.45, 7) is 16.2. The predicted octanol–water partition coefficient (Wildman–Crippen LogP) is 6.97. The fourth-order valence-corrected chi connectivity index (χ4v) is 11.0. The van der Waals surface area contributed by atoms with Crippen molar-refractivity contribution in [2.75, 3.05) is 60.8 Å². The van der Waals surface area contributed by atoms with Gasteiger partial charge in [0.2, 0.25) is 5.79 Å². The van der Waals surface area contributed by atoms with E-state index in [2.05, 4.69) is 5.32 Å². The molecule has 4 aliphatic rings. The van der Waals surface area contributed by atoms with Gasteiger partial charge < -0.3 is 58.3 Å². The highest BCUT2D eigenvalue weighted by atomic mass is 16.6. The smallest absolute Gasteiger partial charge is 0.407 e. The van der Waals surface area contributed by atoms with Gasteiger partial charge in [-0.3, -0.25) is 19.2 Å². The molecule has 3 fully saturated rings. The third-order valence-corrected chi connectivity index (χ3v) is 15.8. The number of piperidine rings is 1. The molecule has 76 heavy (non-hydrogen) atoms. The monoisotopic (exact) mass is 1070 g/mol. The van der Waals surface area contributed by atoms with Crippen molar-refractivity contribution in [1.82, 2.24) is 10.2 Å². The maximum absolute atomic E-state index is 14.6. The van der Waals surface area contributed by atoms with E-state index in [9.17, 15) is 39.0 Å². The predicted molar refractivity (Wildman–Crippen MR) is 285 cm³/mol. The minimum absolute atomic E-state index is 0.0518. The summed E-state index contributed by atoms with van der Waals surface area (Å²) in [6, 6.07) is -1.18. The number of hydrogen-bond acceptors (Lipinski definition) is 16. The summed E-state index contributed by atoms with van der Waals surface area (Å²) in [6.07, 6.45) is 9.76. The van der Waals surface area contributed by atoms with E-state index < -0.39 is 95.9 Å². The van der Waals surface area contributed by atoms with Gasteiger partial charge in [0.1, 0.15) is 17.9 Å². The van der Waals surface area contributed by atoms with Crippen molar-refractivity contribution >= 4 is 35.3 Å². The molecule has 3 heterocycles. The molecule has 18 nitrogen and oxygen atoms in total. The summed E-state index contributed by atoms with van der Waals surface area (Å²) in [5.41, 5.74) is 1.24. The maximum atomic E-state index is 14.6. The van der Waals surface area contributed by atoms with E-state index >= 15 is 0 Å². The molecule has 430 valence electrons. The van der Waals surface area contributed by atoms with Crippen LogP contribution in [0.4, 0.5) is 4.79 Å². The molecular weight excluding hydrogens is 981 g/mol. The van der Waals surface area contributed by atoms with E-state index in [-0.39, 0.29) is 62.0 Å². The lowest BCUT2D eigenvalue weighted by Gasteiger charge is -2.42. The summed E-state index contributed by atoms with van der Waals surface area (Å²) in [5, 5.41) is 25.3. The Morgan fingerprint density at radius 3 is 2.29 bits per heavy atom. The zero-order valence-corrected chi connectivity index (χ0v) is 47.3. The number of hydrogen-bond donors (Lipinski definition) is 3. The summed E-state index contributed by atoms with van der Waals surface area (Å²) >= 11 is 0. The van der Waals surface area contributed by atoms with E-state index in [1.807, 2.05) is 58.1 Å². The number of carbonyl (C=O) groups excluding carboxylic acids is 6. The molecule has 4 rings (SSSR count). The van der Waals surface area contributed by atoms with Crippen molar-refractivity contribution in [3.8, 4) is 0 Å². The molecule has 0 radical (unpaired) electrons. The summed E-state index contributed by atoms with van der Waals surface area (Å²) in [7, 11) is 4.50. The molecule has 0 aromatic heterocycles. The number of methoxy groups -OCH3 is 3. The van der Waals surface area contributed by atoms with Crippen LogP contribution in [0.25, 0.3) is 0 Å². The molecule has 0 spiro atoms. The number of aliphatic hydroxyl groups is 2. The van der Waals surface area contributed by atoms with Crippen LogP contribution < -0.4 is 5.32 Å². The molecule has 1 aliphatic carbocycles. The van der Waals surface area contributed by atoms with Gasteiger partial charge in [-0.1, -0.05) is 71.1 Å². The molecule has 2 amide bonds. The molecule has 3 aliphatic heterocycles. The lowest BCUT2D eigenvalue weighted by Crippen LogP contribution is -2.61. The third kappa shape index (κ3) is 18.8. The minimum Gasteiger partial charge on any atom is -0.460 e. The van der Waals surface area contributed by atoms with Gasteiger partial charge in [0.15, 0.2) is 18.0 Å². The van der Waals surface area contributed by atoms with Crippen LogP contribution in [-0.2, 0) is 61.9 Å². The Morgan fingerprint density at radius 2 is 1.59 bits per heavy atom. The van der Waals surface area contributed by atoms with Gasteiger partial charge in [0, 0.05) is 71.6 Å². The van der Waals surface area contributed by atoms with Crippen molar-refractivity contribution < 1.29 is 76.9 Å². The standard InChI is InChI=1S/C58H92N2O16/c1-12-72-28-29-73-27-25-59-57(67)75-52-41(7)31-38(4)47(62)35-49(39(5)32-43-22-24-46(61)50(33-43)70-10)74-56(66)45-20-16-17-26-60(45)55(65)54(64)58(68)42(8)21-23-44(76-58)34-48(69-9)37(3)19-15-13-14-18-36(2)30-40(6)51(63)53(52)71-11/h13-15,18-19,31,36,38-40,42-46,48-50,52-53,61,68H,12,16-17,20-30,32-35H2,1-11H3,(H,59,67)/b15-13+,18-14+,37-19+,41-31+/t36-,38-,39-,40-,42-,43+,44+,45+,46-,48+,49+,50-,52-,53+,58-/m1/s1. The number of ketones is 3. The zero-order valence-electron chi connectivity index (χ0n) is 47.3. The molecule has 18 heteroatoms. The number of carbonyl (C=O) groups is 6. The van der Waals surface area contributed by atoms with Gasteiger partial charge in [-0.25, -0.2) is 9.59 Å². The first-order chi connectivity index (χ1) is 36.2. The first kappa shape index (κ1) is 64.4. The number of ether oxygens (including phenoxy) is 8. The molecule has 0 aromatic rings. The number of aliphatic hydroxyl groups excluding tert-OH is 1. The fraction of sp³-hybridized carbons (Fsp3) is 0.759. The normalized spacial score (nSPS) is 36.1. The number of fused-ring (bicyclic) bond motifs is 3. The highest BCUT2D eigenvalue weighted by molar-refractivity contribution is 6.39. The van der Waals surface area contributed by atoms with Gasteiger partial charge >= 0.3 is 12.1 Å². The van der Waals surface area contributed by atoms with Crippen molar-refractivity contribution in [1.29, 1.82) is 0 Å². The molecule has 3 N–H and O–H groups in total. The summed E-state index contributed by atoms with van der Waals surface area (Å²) in [4.78, 5) is 86.8. The van der Waals surface area contributed by atoms with E-state index in [1.54, 1.807) is 48.0 Å². The highest BCUT2D eigenvalue weighted by Gasteiger charge is 2.53. The molecular formula is C58H92N2O16.